The number of carbonyl (C=O) groups is 1. The van der Waals surface area contributed by atoms with Gasteiger partial charge in [0.1, 0.15) is 0 Å². The maximum atomic E-state index is 13.2. The molecule has 2 heteroatoms. The van der Waals surface area contributed by atoms with Crippen molar-refractivity contribution in [3.8, 4) is 11.8 Å². The third kappa shape index (κ3) is 3.85. The Kier molecular flexibility index (Phi) is 5.27. The maximum Gasteiger partial charge on any atom is 0.194 e. The molecular formula is C26H17IO. The number of halogens is 1. The molecule has 4 aromatic rings. The fraction of sp³-hybridized carbons (Fsp3) is 0.0385. The topological polar surface area (TPSA) is 17.1 Å². The second kappa shape index (κ2) is 8.00. The zero-order valence-corrected chi connectivity index (χ0v) is 17.5. The molecule has 1 nitrogen and oxygen atoms in total. The van der Waals surface area contributed by atoms with Crippen LogP contribution >= 0.6 is 22.6 Å². The third-order valence-corrected chi connectivity index (χ3v) is 5.58. The Morgan fingerprint density at radius 1 is 0.750 bits per heavy atom. The Labute approximate surface area is 178 Å². The van der Waals surface area contributed by atoms with Crippen LogP contribution in [0, 0.1) is 22.3 Å². The summed E-state index contributed by atoms with van der Waals surface area (Å²) in [7, 11) is 0. The van der Waals surface area contributed by atoms with Gasteiger partial charge in [0, 0.05) is 25.8 Å². The van der Waals surface area contributed by atoms with E-state index in [0.717, 1.165) is 31.0 Å². The van der Waals surface area contributed by atoms with Crippen LogP contribution in [0.5, 0.6) is 0 Å². The quantitative estimate of drug-likeness (QED) is 0.188. The van der Waals surface area contributed by atoms with Gasteiger partial charge >= 0.3 is 0 Å². The molecule has 0 fully saturated rings. The molecule has 0 unspecified atom stereocenters. The zero-order valence-electron chi connectivity index (χ0n) is 15.4. The molecule has 0 N–H and O–H groups in total. The van der Waals surface area contributed by atoms with Crippen LogP contribution < -0.4 is 0 Å². The van der Waals surface area contributed by atoms with Crippen LogP contribution in [-0.2, 0) is 0 Å². The summed E-state index contributed by atoms with van der Waals surface area (Å²) in [5.41, 5.74) is 4.13. The van der Waals surface area contributed by atoms with E-state index in [9.17, 15) is 4.79 Å². The molecule has 28 heavy (non-hydrogen) atoms. The first kappa shape index (κ1) is 18.5. The number of benzene rings is 4. The van der Waals surface area contributed by atoms with E-state index in [1.807, 2.05) is 91.9 Å². The lowest BCUT2D eigenvalue weighted by Gasteiger charge is -2.07. The lowest BCUT2D eigenvalue weighted by molar-refractivity contribution is 0.103. The van der Waals surface area contributed by atoms with Crippen molar-refractivity contribution in [2.45, 2.75) is 6.92 Å². The molecule has 0 radical (unpaired) electrons. The van der Waals surface area contributed by atoms with Crippen LogP contribution in [0.1, 0.15) is 32.6 Å². The SMILES string of the molecule is Cc1ccc(C(=O)c2ccc3ccccc3c2)c(C#Cc2ccccc2I)c1. The van der Waals surface area contributed by atoms with Gasteiger partial charge in [-0.3, -0.25) is 4.79 Å². The highest BCUT2D eigenvalue weighted by Crippen LogP contribution is 2.21. The summed E-state index contributed by atoms with van der Waals surface area (Å²) >= 11 is 2.28. The average molecular weight is 472 g/mol. The fourth-order valence-corrected chi connectivity index (χ4v) is 3.67. The van der Waals surface area contributed by atoms with Crippen LogP contribution in [0.3, 0.4) is 0 Å². The van der Waals surface area contributed by atoms with E-state index < -0.39 is 0 Å². The molecule has 0 amide bonds. The summed E-state index contributed by atoms with van der Waals surface area (Å²) in [6, 6.07) is 27.7. The first-order valence-electron chi connectivity index (χ1n) is 9.02. The Bertz CT molecular complexity index is 1260. The van der Waals surface area contributed by atoms with E-state index >= 15 is 0 Å². The van der Waals surface area contributed by atoms with Gasteiger partial charge in [0.15, 0.2) is 5.78 Å². The van der Waals surface area contributed by atoms with Gasteiger partial charge in [-0.1, -0.05) is 66.4 Å². The molecule has 0 spiro atoms. The smallest absolute Gasteiger partial charge is 0.194 e. The molecule has 0 atom stereocenters. The molecule has 0 aromatic heterocycles. The highest BCUT2D eigenvalue weighted by molar-refractivity contribution is 14.1. The summed E-state index contributed by atoms with van der Waals surface area (Å²) in [4.78, 5) is 13.2. The summed E-state index contributed by atoms with van der Waals surface area (Å²) in [5, 5.41) is 2.19. The molecule has 0 saturated heterocycles. The van der Waals surface area contributed by atoms with Gasteiger partial charge in [0.2, 0.25) is 0 Å². The van der Waals surface area contributed by atoms with Gasteiger partial charge in [-0.2, -0.15) is 0 Å². The Balaban J connectivity index is 1.77. The van der Waals surface area contributed by atoms with Crippen LogP contribution in [-0.4, -0.2) is 5.78 Å². The predicted molar refractivity (Wildman–Crippen MR) is 124 cm³/mol. The van der Waals surface area contributed by atoms with Crippen molar-refractivity contribution in [1.29, 1.82) is 0 Å². The van der Waals surface area contributed by atoms with E-state index in [2.05, 4.69) is 34.4 Å². The molecule has 4 aromatic carbocycles. The molecule has 0 aliphatic carbocycles. The lowest BCUT2D eigenvalue weighted by Crippen LogP contribution is -2.04. The van der Waals surface area contributed by atoms with Gasteiger partial charge in [0.05, 0.1) is 0 Å². The number of hydrogen-bond donors (Lipinski definition) is 0. The zero-order chi connectivity index (χ0) is 19.5. The van der Waals surface area contributed by atoms with Gasteiger partial charge in [-0.05, 0) is 76.2 Å². The molecule has 0 bridgehead atoms. The monoisotopic (exact) mass is 472 g/mol. The molecule has 134 valence electrons. The summed E-state index contributed by atoms with van der Waals surface area (Å²) in [5.74, 6) is 6.44. The van der Waals surface area contributed by atoms with E-state index in [1.54, 1.807) is 0 Å². The number of carbonyl (C=O) groups excluding carboxylic acids is 1. The number of fused-ring (bicyclic) bond motifs is 1. The largest absolute Gasteiger partial charge is 0.289 e. The standard InChI is InChI=1S/C26H17IO/c1-18-10-15-24(22(16-18)13-12-20-7-4-5-9-25(20)27)26(28)23-14-11-19-6-2-3-8-21(19)17-23/h2-11,14-17H,1H3. The first-order chi connectivity index (χ1) is 13.6. The van der Waals surface area contributed by atoms with Crippen molar-refractivity contribution in [1.82, 2.24) is 0 Å². The minimum Gasteiger partial charge on any atom is -0.289 e. The minimum atomic E-state index is -0.00203. The second-order valence-electron chi connectivity index (χ2n) is 6.67. The second-order valence-corrected chi connectivity index (χ2v) is 7.83. The Morgan fingerprint density at radius 2 is 1.46 bits per heavy atom. The molecule has 0 aliphatic heterocycles. The molecule has 4 rings (SSSR count). The Morgan fingerprint density at radius 3 is 2.29 bits per heavy atom. The minimum absolute atomic E-state index is 0.00203. The third-order valence-electron chi connectivity index (χ3n) is 4.64. The van der Waals surface area contributed by atoms with Crippen molar-refractivity contribution in [2.24, 2.45) is 0 Å². The molecule has 0 saturated carbocycles. The van der Waals surface area contributed by atoms with Crippen molar-refractivity contribution < 1.29 is 4.79 Å². The van der Waals surface area contributed by atoms with Crippen molar-refractivity contribution in [2.75, 3.05) is 0 Å². The molecule has 0 heterocycles. The molecular weight excluding hydrogens is 455 g/mol. The van der Waals surface area contributed by atoms with Crippen molar-refractivity contribution in [3.05, 3.63) is 116 Å². The predicted octanol–water partition coefficient (Wildman–Crippen LogP) is 6.38. The van der Waals surface area contributed by atoms with Crippen molar-refractivity contribution in [3.63, 3.8) is 0 Å². The van der Waals surface area contributed by atoms with Crippen LogP contribution in [0.4, 0.5) is 0 Å². The van der Waals surface area contributed by atoms with Gasteiger partial charge in [-0.15, -0.1) is 0 Å². The summed E-state index contributed by atoms with van der Waals surface area (Å²) < 4.78 is 1.10. The molecule has 0 aliphatic rings. The van der Waals surface area contributed by atoms with Gasteiger partial charge < -0.3 is 0 Å². The van der Waals surface area contributed by atoms with Gasteiger partial charge in [0.25, 0.3) is 0 Å². The highest BCUT2D eigenvalue weighted by Gasteiger charge is 2.13. The number of hydrogen-bond acceptors (Lipinski definition) is 1. The van der Waals surface area contributed by atoms with Crippen LogP contribution in [0.2, 0.25) is 0 Å². The number of aryl methyl sites for hydroxylation is 1. The van der Waals surface area contributed by atoms with E-state index in [1.165, 1.54) is 0 Å². The van der Waals surface area contributed by atoms with Crippen LogP contribution in [0.25, 0.3) is 10.8 Å². The first-order valence-corrected chi connectivity index (χ1v) is 10.1. The highest BCUT2D eigenvalue weighted by atomic mass is 127. The van der Waals surface area contributed by atoms with E-state index in [4.69, 9.17) is 0 Å². The lowest BCUT2D eigenvalue weighted by atomic mass is 9.95. The average Bonchev–Trinajstić information content (AvgIpc) is 2.72. The number of ketones is 1. The number of rotatable bonds is 2. The van der Waals surface area contributed by atoms with Crippen LogP contribution in [0.15, 0.2) is 84.9 Å². The maximum absolute atomic E-state index is 13.2. The fourth-order valence-electron chi connectivity index (χ4n) is 3.14. The van der Waals surface area contributed by atoms with E-state index in [-0.39, 0.29) is 5.78 Å². The van der Waals surface area contributed by atoms with Crippen molar-refractivity contribution >= 4 is 39.1 Å². The summed E-state index contributed by atoms with van der Waals surface area (Å²) in [6.45, 7) is 2.02. The summed E-state index contributed by atoms with van der Waals surface area (Å²) in [6.07, 6.45) is 0. The van der Waals surface area contributed by atoms with Gasteiger partial charge in [-0.25, -0.2) is 0 Å². The Hall–Kier alpha value is -2.90. The normalized spacial score (nSPS) is 10.4. The van der Waals surface area contributed by atoms with E-state index in [0.29, 0.717) is 11.1 Å².